The van der Waals surface area contributed by atoms with Crippen LogP contribution in [-0.2, 0) is 19.9 Å². The van der Waals surface area contributed by atoms with Gasteiger partial charge in [-0.15, -0.1) is 0 Å². The van der Waals surface area contributed by atoms with Crippen molar-refractivity contribution in [3.05, 3.63) is 18.2 Å². The molecule has 7 nitrogen and oxygen atoms in total. The summed E-state index contributed by atoms with van der Waals surface area (Å²) in [5, 5.41) is 0. The first kappa shape index (κ1) is 19.4. The van der Waals surface area contributed by atoms with Gasteiger partial charge in [0.05, 0.1) is 29.6 Å². The summed E-state index contributed by atoms with van der Waals surface area (Å²) in [6.45, 7) is 5.10. The highest BCUT2D eigenvalue weighted by Gasteiger charge is 2.39. The van der Waals surface area contributed by atoms with E-state index in [-0.39, 0.29) is 28.9 Å². The molecule has 0 bridgehead atoms. The van der Waals surface area contributed by atoms with E-state index in [1.54, 1.807) is 6.07 Å². The number of hydrogen-bond acceptors (Lipinski definition) is 6. The van der Waals surface area contributed by atoms with Crippen molar-refractivity contribution in [1.29, 1.82) is 0 Å². The zero-order valence-electron chi connectivity index (χ0n) is 15.0. The summed E-state index contributed by atoms with van der Waals surface area (Å²) in [7, 11) is -7.03. The van der Waals surface area contributed by atoms with E-state index in [0.29, 0.717) is 31.1 Å². The third-order valence-electron chi connectivity index (χ3n) is 4.49. The van der Waals surface area contributed by atoms with Crippen LogP contribution in [0.3, 0.4) is 0 Å². The number of sulfone groups is 1. The topological polar surface area (TPSA) is 90.0 Å². The lowest BCUT2D eigenvalue weighted by Gasteiger charge is -2.29. The molecular formula is C17H25NO6S2. The monoisotopic (exact) mass is 403 g/mol. The molecule has 1 aromatic carbocycles. The van der Waals surface area contributed by atoms with E-state index >= 15 is 0 Å². The lowest BCUT2D eigenvalue weighted by atomic mass is 10.2. The van der Waals surface area contributed by atoms with Crippen LogP contribution in [0.2, 0.25) is 0 Å². The smallest absolute Gasteiger partial charge is 0.243 e. The molecule has 0 aliphatic carbocycles. The molecule has 9 heteroatoms. The van der Waals surface area contributed by atoms with Gasteiger partial charge in [-0.3, -0.25) is 0 Å². The van der Waals surface area contributed by atoms with Crippen molar-refractivity contribution >= 4 is 19.9 Å². The van der Waals surface area contributed by atoms with Crippen molar-refractivity contribution in [2.45, 2.75) is 37.6 Å². The average molecular weight is 404 g/mol. The summed E-state index contributed by atoms with van der Waals surface area (Å²) < 4.78 is 62.8. The molecule has 2 aliphatic rings. The zero-order chi connectivity index (χ0) is 18.9. The average Bonchev–Trinajstić information content (AvgIpc) is 2.78. The molecule has 0 saturated carbocycles. The summed E-state index contributed by atoms with van der Waals surface area (Å²) in [5.74, 6) is 0.924. The van der Waals surface area contributed by atoms with Gasteiger partial charge in [0, 0.05) is 25.1 Å². The van der Waals surface area contributed by atoms with Crippen molar-refractivity contribution in [1.82, 2.24) is 4.31 Å². The molecule has 0 radical (unpaired) electrons. The van der Waals surface area contributed by atoms with Gasteiger partial charge in [0.1, 0.15) is 0 Å². The third kappa shape index (κ3) is 4.15. The molecule has 1 unspecified atom stereocenters. The highest BCUT2D eigenvalue weighted by Crippen LogP contribution is 2.34. The van der Waals surface area contributed by atoms with Gasteiger partial charge in [0.15, 0.2) is 21.3 Å². The predicted molar refractivity (Wildman–Crippen MR) is 97.8 cm³/mol. The largest absolute Gasteiger partial charge is 0.490 e. The van der Waals surface area contributed by atoms with Crippen molar-refractivity contribution < 1.29 is 26.3 Å². The van der Waals surface area contributed by atoms with Gasteiger partial charge >= 0.3 is 0 Å². The Morgan fingerprint density at radius 2 is 1.88 bits per heavy atom. The Bertz CT molecular complexity index is 863. The maximum atomic E-state index is 13.3. The first-order chi connectivity index (χ1) is 12.2. The van der Waals surface area contributed by atoms with Crippen LogP contribution in [0.1, 0.15) is 26.7 Å². The Hall–Kier alpha value is -1.32. The Morgan fingerprint density at radius 3 is 2.50 bits per heavy atom. The number of hydrogen-bond donors (Lipinski definition) is 0. The van der Waals surface area contributed by atoms with Crippen molar-refractivity contribution in [2.75, 3.05) is 31.3 Å². The normalized spacial score (nSPS) is 22.5. The van der Waals surface area contributed by atoms with E-state index in [4.69, 9.17) is 9.47 Å². The summed E-state index contributed by atoms with van der Waals surface area (Å²) in [5.41, 5.74) is 0. The Labute approximate surface area is 155 Å². The zero-order valence-corrected chi connectivity index (χ0v) is 16.7. The van der Waals surface area contributed by atoms with Crippen molar-refractivity contribution in [3.8, 4) is 11.5 Å². The summed E-state index contributed by atoms with van der Waals surface area (Å²) in [6.07, 6.45) is 1.06. The number of nitrogens with zero attached hydrogens (tertiary/aromatic N) is 1. The number of fused-ring (bicyclic) bond motifs is 1. The van der Waals surface area contributed by atoms with Gasteiger partial charge in [0.25, 0.3) is 0 Å². The number of ether oxygens (including phenoxy) is 2. The molecule has 26 heavy (non-hydrogen) atoms. The van der Waals surface area contributed by atoms with Crippen LogP contribution in [0.5, 0.6) is 11.5 Å². The van der Waals surface area contributed by atoms with Gasteiger partial charge in [-0.2, -0.15) is 4.31 Å². The highest BCUT2D eigenvalue weighted by molar-refractivity contribution is 7.92. The first-order valence-corrected chi connectivity index (χ1v) is 12.1. The van der Waals surface area contributed by atoms with E-state index in [9.17, 15) is 16.8 Å². The maximum Gasteiger partial charge on any atom is 0.243 e. The van der Waals surface area contributed by atoms with Crippen molar-refractivity contribution in [3.63, 3.8) is 0 Å². The van der Waals surface area contributed by atoms with Crippen LogP contribution in [-0.4, -0.2) is 58.4 Å². The van der Waals surface area contributed by atoms with Crippen LogP contribution in [0.4, 0.5) is 0 Å². The van der Waals surface area contributed by atoms with E-state index < -0.39 is 25.9 Å². The van der Waals surface area contributed by atoms with Gasteiger partial charge in [0.2, 0.25) is 10.0 Å². The molecule has 3 rings (SSSR count). The fourth-order valence-electron chi connectivity index (χ4n) is 3.25. The minimum atomic E-state index is -3.84. The molecule has 1 aromatic rings. The Kier molecular flexibility index (Phi) is 5.50. The van der Waals surface area contributed by atoms with E-state index in [1.165, 1.54) is 16.4 Å². The molecule has 2 heterocycles. The van der Waals surface area contributed by atoms with E-state index in [2.05, 4.69) is 0 Å². The Balaban J connectivity index is 1.96. The predicted octanol–water partition coefficient (Wildman–Crippen LogP) is 1.68. The van der Waals surface area contributed by atoms with Gasteiger partial charge < -0.3 is 9.47 Å². The molecule has 2 aliphatic heterocycles. The molecule has 0 N–H and O–H groups in total. The van der Waals surface area contributed by atoms with Crippen molar-refractivity contribution in [2.24, 2.45) is 5.92 Å². The lowest BCUT2D eigenvalue weighted by Crippen LogP contribution is -2.43. The SMILES string of the molecule is CC(C)CN(C1CCS(=O)(=O)C1)S(=O)(=O)c1ccc2c(c1)OCCCO2. The third-order valence-corrected chi connectivity index (χ3v) is 8.15. The number of sulfonamides is 1. The summed E-state index contributed by atoms with van der Waals surface area (Å²) >= 11 is 0. The first-order valence-electron chi connectivity index (χ1n) is 8.81. The van der Waals surface area contributed by atoms with Gasteiger partial charge in [-0.25, -0.2) is 16.8 Å². The number of benzene rings is 1. The molecule has 1 fully saturated rings. The van der Waals surface area contributed by atoms with Gasteiger partial charge in [-0.05, 0) is 24.5 Å². The summed E-state index contributed by atoms with van der Waals surface area (Å²) in [6, 6.07) is 4.06. The fraction of sp³-hybridized carbons (Fsp3) is 0.647. The Morgan fingerprint density at radius 1 is 1.19 bits per heavy atom. The second-order valence-corrected chi connectivity index (χ2v) is 11.3. The minimum Gasteiger partial charge on any atom is -0.490 e. The molecule has 0 spiro atoms. The number of rotatable bonds is 5. The quantitative estimate of drug-likeness (QED) is 0.743. The van der Waals surface area contributed by atoms with Crippen LogP contribution < -0.4 is 9.47 Å². The molecular weight excluding hydrogens is 378 g/mol. The highest BCUT2D eigenvalue weighted by atomic mass is 32.2. The van der Waals surface area contributed by atoms with Crippen LogP contribution >= 0.6 is 0 Å². The second-order valence-electron chi connectivity index (χ2n) is 7.18. The minimum absolute atomic E-state index is 0.0307. The molecule has 1 saturated heterocycles. The fourth-order valence-corrected chi connectivity index (χ4v) is 6.90. The molecule has 0 aromatic heterocycles. The van der Waals surface area contributed by atoms with Gasteiger partial charge in [-0.1, -0.05) is 13.8 Å². The standard InChI is InChI=1S/C17H25NO6S2/c1-13(2)11-18(14-6-9-25(19,20)12-14)26(21,22)15-4-5-16-17(10-15)24-8-3-7-23-16/h4-5,10,13-14H,3,6-9,11-12H2,1-2H3. The van der Waals surface area contributed by atoms with E-state index in [1.807, 2.05) is 13.8 Å². The summed E-state index contributed by atoms with van der Waals surface area (Å²) in [4.78, 5) is 0.103. The second kappa shape index (κ2) is 7.36. The van der Waals surface area contributed by atoms with E-state index in [0.717, 1.165) is 6.42 Å². The maximum absolute atomic E-state index is 13.3. The van der Waals surface area contributed by atoms with Crippen LogP contribution in [0.25, 0.3) is 0 Å². The molecule has 146 valence electrons. The van der Waals surface area contributed by atoms with Crippen LogP contribution in [0.15, 0.2) is 23.1 Å². The lowest BCUT2D eigenvalue weighted by molar-refractivity contribution is 0.296. The molecule has 1 atom stereocenters. The van der Waals surface area contributed by atoms with Crippen LogP contribution in [0, 0.1) is 5.92 Å². The molecule has 0 amide bonds.